The molecule has 2 aromatic rings. The largest absolute Gasteiger partial charge is 0.493 e. The number of ether oxygens (including phenoxy) is 2. The molecule has 0 radical (unpaired) electrons. The Balaban J connectivity index is 2.19. The van der Waals surface area contributed by atoms with E-state index in [4.69, 9.17) is 25.5 Å². The second kappa shape index (κ2) is 6.34. The van der Waals surface area contributed by atoms with Gasteiger partial charge in [-0.3, -0.25) is 4.79 Å². The normalized spacial score (nSPS) is 10.2. The molecule has 20 heavy (non-hydrogen) atoms. The van der Waals surface area contributed by atoms with Crippen LogP contribution in [-0.2, 0) is 0 Å². The average molecular weight is 296 g/mol. The lowest BCUT2D eigenvalue weighted by Gasteiger charge is -2.11. The lowest BCUT2D eigenvalue weighted by Crippen LogP contribution is -2.11. The summed E-state index contributed by atoms with van der Waals surface area (Å²) < 4.78 is 15.5. The quantitative estimate of drug-likeness (QED) is 0.915. The van der Waals surface area contributed by atoms with Gasteiger partial charge in [0.1, 0.15) is 0 Å². The molecule has 0 aliphatic carbocycles. The van der Waals surface area contributed by atoms with Gasteiger partial charge in [-0.25, -0.2) is 0 Å². The van der Waals surface area contributed by atoms with Crippen molar-refractivity contribution in [2.45, 2.75) is 6.92 Å². The number of amides is 1. The molecule has 2 rings (SSSR count). The lowest BCUT2D eigenvalue weighted by atomic mass is 10.2. The Bertz CT molecular complexity index is 609. The van der Waals surface area contributed by atoms with Crippen LogP contribution in [0, 0.1) is 0 Å². The number of halogens is 1. The van der Waals surface area contributed by atoms with Crippen molar-refractivity contribution in [1.82, 2.24) is 0 Å². The second-order valence-corrected chi connectivity index (χ2v) is 4.20. The Labute approximate surface area is 121 Å². The van der Waals surface area contributed by atoms with Crippen molar-refractivity contribution in [2.75, 3.05) is 19.0 Å². The molecule has 1 aromatic carbocycles. The van der Waals surface area contributed by atoms with Gasteiger partial charge in [-0.05, 0) is 36.7 Å². The van der Waals surface area contributed by atoms with E-state index in [1.54, 1.807) is 25.3 Å². The molecule has 0 bridgehead atoms. The van der Waals surface area contributed by atoms with Gasteiger partial charge in [0.15, 0.2) is 11.5 Å². The summed E-state index contributed by atoms with van der Waals surface area (Å²) in [6.07, 6.45) is 1.36. The summed E-state index contributed by atoms with van der Waals surface area (Å²) in [6, 6.07) is 6.63. The predicted molar refractivity (Wildman–Crippen MR) is 75.8 cm³/mol. The molecule has 0 saturated carbocycles. The molecule has 1 aromatic heterocycles. The predicted octanol–water partition coefficient (Wildman–Crippen LogP) is 3.59. The van der Waals surface area contributed by atoms with Crippen molar-refractivity contribution < 1.29 is 18.7 Å². The maximum atomic E-state index is 12.0. The zero-order valence-electron chi connectivity index (χ0n) is 11.1. The smallest absolute Gasteiger partial charge is 0.260 e. The fraction of sp³-hybridized carbons (Fsp3) is 0.214. The summed E-state index contributed by atoms with van der Waals surface area (Å²) >= 11 is 5.76. The van der Waals surface area contributed by atoms with Gasteiger partial charge < -0.3 is 19.2 Å². The summed E-state index contributed by atoms with van der Waals surface area (Å²) in [5.74, 6) is 0.814. The van der Waals surface area contributed by atoms with E-state index < -0.39 is 0 Å². The third-order valence-electron chi connectivity index (χ3n) is 2.58. The van der Waals surface area contributed by atoms with Crippen molar-refractivity contribution >= 4 is 23.2 Å². The maximum absolute atomic E-state index is 12.0. The number of hydrogen-bond donors (Lipinski definition) is 1. The van der Waals surface area contributed by atoms with Crippen LogP contribution in [0.2, 0.25) is 5.22 Å². The highest BCUT2D eigenvalue weighted by molar-refractivity contribution is 6.32. The van der Waals surface area contributed by atoms with Gasteiger partial charge in [-0.1, -0.05) is 0 Å². The Morgan fingerprint density at radius 1 is 1.35 bits per heavy atom. The molecular formula is C14H14ClNO4. The van der Waals surface area contributed by atoms with Crippen molar-refractivity contribution in [3.8, 4) is 11.5 Å². The number of carbonyl (C=O) groups is 1. The highest BCUT2D eigenvalue weighted by Gasteiger charge is 2.14. The Morgan fingerprint density at radius 3 is 2.75 bits per heavy atom. The fourth-order valence-corrected chi connectivity index (χ4v) is 1.88. The van der Waals surface area contributed by atoms with Crippen LogP contribution in [-0.4, -0.2) is 19.6 Å². The minimum Gasteiger partial charge on any atom is -0.493 e. The molecule has 6 heteroatoms. The van der Waals surface area contributed by atoms with Crippen molar-refractivity contribution in [2.24, 2.45) is 0 Å². The van der Waals surface area contributed by atoms with Crippen LogP contribution in [0.15, 0.2) is 34.9 Å². The van der Waals surface area contributed by atoms with Crippen molar-refractivity contribution in [3.05, 3.63) is 41.3 Å². The van der Waals surface area contributed by atoms with E-state index in [0.29, 0.717) is 23.8 Å². The molecule has 0 spiro atoms. The van der Waals surface area contributed by atoms with Crippen LogP contribution in [0.5, 0.6) is 11.5 Å². The number of rotatable bonds is 5. The molecule has 0 fully saturated rings. The number of furan rings is 1. The zero-order chi connectivity index (χ0) is 14.5. The number of nitrogens with one attached hydrogen (secondary N) is 1. The molecule has 0 aliphatic heterocycles. The first kappa shape index (κ1) is 14.3. The minimum absolute atomic E-state index is 0.0565. The molecule has 0 atom stereocenters. The van der Waals surface area contributed by atoms with Gasteiger partial charge in [-0.2, -0.15) is 0 Å². The first-order valence-corrected chi connectivity index (χ1v) is 6.38. The third kappa shape index (κ3) is 3.05. The van der Waals surface area contributed by atoms with Gasteiger partial charge in [0.2, 0.25) is 5.22 Å². The Morgan fingerprint density at radius 2 is 2.15 bits per heavy atom. The van der Waals surface area contributed by atoms with Crippen LogP contribution in [0.3, 0.4) is 0 Å². The Hall–Kier alpha value is -2.14. The molecular weight excluding hydrogens is 282 g/mol. The van der Waals surface area contributed by atoms with Gasteiger partial charge in [-0.15, -0.1) is 0 Å². The first-order chi connectivity index (χ1) is 9.65. The van der Waals surface area contributed by atoms with Crippen molar-refractivity contribution in [1.29, 1.82) is 0 Å². The second-order valence-electron chi connectivity index (χ2n) is 3.86. The SMILES string of the molecule is CCOc1cc(NC(=O)c2ccoc2Cl)ccc1OC. The van der Waals surface area contributed by atoms with Crippen LogP contribution in [0.1, 0.15) is 17.3 Å². The zero-order valence-corrected chi connectivity index (χ0v) is 11.9. The molecule has 0 aliphatic rings. The molecule has 0 saturated heterocycles. The standard InChI is InChI=1S/C14H14ClNO4/c1-3-19-12-8-9(4-5-11(12)18-2)16-14(17)10-6-7-20-13(10)15/h4-8H,3H2,1-2H3,(H,16,17). The van der Waals surface area contributed by atoms with Gasteiger partial charge in [0.05, 0.1) is 25.5 Å². The maximum Gasteiger partial charge on any atom is 0.260 e. The van der Waals surface area contributed by atoms with E-state index in [-0.39, 0.29) is 16.7 Å². The fourth-order valence-electron chi connectivity index (χ4n) is 1.68. The first-order valence-electron chi connectivity index (χ1n) is 6.01. The monoisotopic (exact) mass is 295 g/mol. The number of hydrogen-bond acceptors (Lipinski definition) is 4. The summed E-state index contributed by atoms with van der Waals surface area (Å²) in [5.41, 5.74) is 0.858. The Kier molecular flexibility index (Phi) is 4.53. The van der Waals surface area contributed by atoms with E-state index in [0.717, 1.165) is 0 Å². The van der Waals surface area contributed by atoms with E-state index in [1.165, 1.54) is 12.3 Å². The van der Waals surface area contributed by atoms with E-state index >= 15 is 0 Å². The van der Waals surface area contributed by atoms with Crippen LogP contribution >= 0.6 is 11.6 Å². The summed E-state index contributed by atoms with van der Waals surface area (Å²) in [4.78, 5) is 12.0. The molecule has 1 amide bonds. The molecule has 1 N–H and O–H groups in total. The van der Waals surface area contributed by atoms with Crippen LogP contribution in [0.25, 0.3) is 0 Å². The summed E-state index contributed by atoms with van der Waals surface area (Å²) in [5, 5.41) is 2.77. The van der Waals surface area contributed by atoms with Crippen molar-refractivity contribution in [3.63, 3.8) is 0 Å². The van der Waals surface area contributed by atoms with Gasteiger partial charge in [0.25, 0.3) is 5.91 Å². The highest BCUT2D eigenvalue weighted by atomic mass is 35.5. The van der Waals surface area contributed by atoms with Crippen LogP contribution < -0.4 is 14.8 Å². The number of anilines is 1. The summed E-state index contributed by atoms with van der Waals surface area (Å²) in [6.45, 7) is 2.37. The van der Waals surface area contributed by atoms with E-state index in [9.17, 15) is 4.79 Å². The van der Waals surface area contributed by atoms with Gasteiger partial charge in [0, 0.05) is 11.8 Å². The number of benzene rings is 1. The highest BCUT2D eigenvalue weighted by Crippen LogP contribution is 2.30. The van der Waals surface area contributed by atoms with E-state index in [1.807, 2.05) is 6.92 Å². The number of carbonyl (C=O) groups excluding carboxylic acids is 1. The molecule has 1 heterocycles. The van der Waals surface area contributed by atoms with Crippen LogP contribution in [0.4, 0.5) is 5.69 Å². The third-order valence-corrected chi connectivity index (χ3v) is 2.88. The average Bonchev–Trinajstić information content (AvgIpc) is 2.86. The number of methoxy groups -OCH3 is 1. The summed E-state index contributed by atoms with van der Waals surface area (Å²) in [7, 11) is 1.56. The van der Waals surface area contributed by atoms with Gasteiger partial charge >= 0.3 is 0 Å². The minimum atomic E-state index is -0.351. The molecule has 0 unspecified atom stereocenters. The topological polar surface area (TPSA) is 60.7 Å². The molecule has 106 valence electrons. The lowest BCUT2D eigenvalue weighted by molar-refractivity contribution is 0.102. The molecule has 5 nitrogen and oxygen atoms in total. The van der Waals surface area contributed by atoms with E-state index in [2.05, 4.69) is 5.32 Å².